The van der Waals surface area contributed by atoms with Gasteiger partial charge in [-0.1, -0.05) is 18.2 Å². The van der Waals surface area contributed by atoms with E-state index in [-0.39, 0.29) is 6.09 Å². The summed E-state index contributed by atoms with van der Waals surface area (Å²) in [6.07, 6.45) is 3.04. The number of amides is 1. The highest BCUT2D eigenvalue weighted by Gasteiger charge is 2.39. The van der Waals surface area contributed by atoms with Crippen molar-refractivity contribution in [3.05, 3.63) is 59.7 Å². The zero-order valence-corrected chi connectivity index (χ0v) is 18.9. The summed E-state index contributed by atoms with van der Waals surface area (Å²) < 4.78 is 16.7. The summed E-state index contributed by atoms with van der Waals surface area (Å²) in [5.41, 5.74) is 2.49. The lowest BCUT2D eigenvalue weighted by Gasteiger charge is -2.24. The maximum atomic E-state index is 12.4. The molecule has 0 bridgehead atoms. The normalized spacial score (nSPS) is 19.7. The molecule has 1 aliphatic heterocycles. The van der Waals surface area contributed by atoms with Crippen LogP contribution in [0.3, 0.4) is 0 Å². The minimum atomic E-state index is -0.470. The van der Waals surface area contributed by atoms with E-state index < -0.39 is 5.60 Å². The van der Waals surface area contributed by atoms with Crippen LogP contribution < -0.4 is 9.47 Å². The summed E-state index contributed by atoms with van der Waals surface area (Å²) in [5, 5.41) is 9.11. The molecule has 2 unspecified atom stereocenters. The number of rotatable bonds is 4. The second-order valence-electron chi connectivity index (χ2n) is 9.31. The molecule has 6 heteroatoms. The third-order valence-electron chi connectivity index (χ3n) is 5.79. The van der Waals surface area contributed by atoms with Crippen LogP contribution >= 0.6 is 0 Å². The molecule has 1 aliphatic carbocycles. The lowest BCUT2D eigenvalue weighted by molar-refractivity contribution is 0.0285. The fourth-order valence-corrected chi connectivity index (χ4v) is 4.30. The Labute approximate surface area is 189 Å². The number of carbonyl (C=O) groups excluding carboxylic acids is 1. The average Bonchev–Trinajstić information content (AvgIpc) is 3.32. The number of hydrogen-bond donors (Lipinski definition) is 0. The SMILES string of the molecule is COc1cc(Oc2ccc(C3=CC4CN(C(=O)OC(C)(C)C)CC4C3)cc2)ccc1C#N. The Hall–Kier alpha value is -3.46. The van der Waals surface area contributed by atoms with Crippen LogP contribution in [0.2, 0.25) is 0 Å². The van der Waals surface area contributed by atoms with E-state index in [1.807, 2.05) is 37.8 Å². The van der Waals surface area contributed by atoms with Crippen molar-refractivity contribution in [1.82, 2.24) is 4.90 Å². The van der Waals surface area contributed by atoms with Crippen molar-refractivity contribution in [2.75, 3.05) is 20.2 Å². The molecule has 2 aromatic rings. The molecule has 1 fully saturated rings. The molecule has 1 heterocycles. The van der Waals surface area contributed by atoms with Crippen molar-refractivity contribution in [3.63, 3.8) is 0 Å². The number of carbonyl (C=O) groups is 1. The van der Waals surface area contributed by atoms with Gasteiger partial charge in [-0.25, -0.2) is 4.79 Å². The van der Waals surface area contributed by atoms with Gasteiger partial charge in [0.1, 0.15) is 28.9 Å². The van der Waals surface area contributed by atoms with Crippen molar-refractivity contribution in [2.45, 2.75) is 32.8 Å². The molecule has 2 aromatic carbocycles. The van der Waals surface area contributed by atoms with Gasteiger partial charge in [0, 0.05) is 19.2 Å². The highest BCUT2D eigenvalue weighted by Crippen LogP contribution is 2.41. The standard InChI is InChI=1S/C26H28N2O4/c1-26(2,3)32-25(29)28-15-20-11-19(12-21(20)16-28)17-5-8-22(9-6-17)31-23-10-7-18(14-27)24(13-23)30-4/h5-11,13,20-21H,12,15-16H2,1-4H3. The fraction of sp³-hybridized carbons (Fsp3) is 0.385. The number of nitrogens with zero attached hydrogens (tertiary/aromatic N) is 2. The van der Waals surface area contributed by atoms with E-state index in [4.69, 9.17) is 19.5 Å². The van der Waals surface area contributed by atoms with Gasteiger partial charge in [0.2, 0.25) is 0 Å². The van der Waals surface area contributed by atoms with Crippen LogP contribution in [0.15, 0.2) is 48.5 Å². The maximum absolute atomic E-state index is 12.4. The molecule has 4 rings (SSSR count). The first kappa shape index (κ1) is 21.8. The predicted octanol–water partition coefficient (Wildman–Crippen LogP) is 5.63. The third kappa shape index (κ3) is 4.72. The van der Waals surface area contributed by atoms with Crippen LogP contribution in [-0.2, 0) is 4.74 Å². The van der Waals surface area contributed by atoms with E-state index in [2.05, 4.69) is 24.3 Å². The molecular formula is C26H28N2O4. The second kappa shape index (κ2) is 8.58. The quantitative estimate of drug-likeness (QED) is 0.626. The number of benzene rings is 2. The minimum absolute atomic E-state index is 0.220. The summed E-state index contributed by atoms with van der Waals surface area (Å²) in [6, 6.07) is 15.3. The molecule has 0 radical (unpaired) electrons. The van der Waals surface area contributed by atoms with Crippen molar-refractivity contribution in [3.8, 4) is 23.3 Å². The number of allylic oxidation sites excluding steroid dienone is 1. The first-order chi connectivity index (χ1) is 15.3. The van der Waals surface area contributed by atoms with Crippen LogP contribution in [0, 0.1) is 23.2 Å². The van der Waals surface area contributed by atoms with Gasteiger partial charge in [0.05, 0.1) is 12.7 Å². The van der Waals surface area contributed by atoms with Crippen molar-refractivity contribution in [1.29, 1.82) is 5.26 Å². The zero-order valence-electron chi connectivity index (χ0n) is 18.9. The Bertz CT molecular complexity index is 1080. The Morgan fingerprint density at radius 1 is 1.09 bits per heavy atom. The average molecular weight is 433 g/mol. The molecule has 0 spiro atoms. The lowest BCUT2D eigenvalue weighted by Crippen LogP contribution is -2.35. The maximum Gasteiger partial charge on any atom is 0.410 e. The van der Waals surface area contributed by atoms with Crippen LogP contribution in [0.5, 0.6) is 17.2 Å². The van der Waals surface area contributed by atoms with Gasteiger partial charge in [-0.15, -0.1) is 0 Å². The molecule has 32 heavy (non-hydrogen) atoms. The largest absolute Gasteiger partial charge is 0.495 e. The van der Waals surface area contributed by atoms with Crippen LogP contribution in [0.25, 0.3) is 5.57 Å². The monoisotopic (exact) mass is 432 g/mol. The van der Waals surface area contributed by atoms with E-state index in [0.717, 1.165) is 18.7 Å². The van der Waals surface area contributed by atoms with Crippen molar-refractivity contribution < 1.29 is 19.0 Å². The molecule has 1 amide bonds. The number of methoxy groups -OCH3 is 1. The Balaban J connectivity index is 1.39. The predicted molar refractivity (Wildman–Crippen MR) is 122 cm³/mol. The molecule has 2 aliphatic rings. The highest BCUT2D eigenvalue weighted by molar-refractivity contribution is 5.72. The van der Waals surface area contributed by atoms with E-state index in [1.54, 1.807) is 18.2 Å². The summed E-state index contributed by atoms with van der Waals surface area (Å²) in [4.78, 5) is 14.2. The number of likely N-dealkylation sites (tertiary alicyclic amines) is 1. The molecular weight excluding hydrogens is 404 g/mol. The molecule has 1 saturated heterocycles. The van der Waals surface area contributed by atoms with Crippen LogP contribution in [-0.4, -0.2) is 36.8 Å². The molecule has 2 atom stereocenters. The number of ether oxygens (including phenoxy) is 3. The summed E-state index contributed by atoms with van der Waals surface area (Å²) in [5.74, 6) is 2.64. The molecule has 6 nitrogen and oxygen atoms in total. The van der Waals surface area contributed by atoms with E-state index in [1.165, 1.54) is 18.2 Å². The van der Waals surface area contributed by atoms with Gasteiger partial charge in [-0.3, -0.25) is 0 Å². The minimum Gasteiger partial charge on any atom is -0.495 e. The first-order valence-corrected chi connectivity index (χ1v) is 10.8. The third-order valence-corrected chi connectivity index (χ3v) is 5.79. The Kier molecular flexibility index (Phi) is 5.84. The van der Waals surface area contributed by atoms with E-state index in [9.17, 15) is 4.79 Å². The fourth-order valence-electron chi connectivity index (χ4n) is 4.30. The van der Waals surface area contributed by atoms with Gasteiger partial charge in [-0.05, 0) is 74.4 Å². The van der Waals surface area contributed by atoms with Gasteiger partial charge in [-0.2, -0.15) is 5.26 Å². The first-order valence-electron chi connectivity index (χ1n) is 10.8. The van der Waals surface area contributed by atoms with Crippen molar-refractivity contribution >= 4 is 11.7 Å². The Morgan fingerprint density at radius 2 is 1.81 bits per heavy atom. The zero-order chi connectivity index (χ0) is 22.9. The van der Waals surface area contributed by atoms with E-state index >= 15 is 0 Å². The molecule has 166 valence electrons. The lowest BCUT2D eigenvalue weighted by atomic mass is 9.98. The number of fused-ring (bicyclic) bond motifs is 1. The van der Waals surface area contributed by atoms with Crippen LogP contribution in [0.4, 0.5) is 4.79 Å². The summed E-state index contributed by atoms with van der Waals surface area (Å²) >= 11 is 0. The molecule has 0 aromatic heterocycles. The Morgan fingerprint density at radius 3 is 2.44 bits per heavy atom. The smallest absolute Gasteiger partial charge is 0.410 e. The van der Waals surface area contributed by atoms with Crippen LogP contribution in [0.1, 0.15) is 38.3 Å². The highest BCUT2D eigenvalue weighted by atomic mass is 16.6. The summed E-state index contributed by atoms with van der Waals surface area (Å²) in [6.45, 7) is 7.13. The van der Waals surface area contributed by atoms with E-state index in [0.29, 0.717) is 35.4 Å². The number of nitriles is 1. The number of hydrogen-bond acceptors (Lipinski definition) is 5. The van der Waals surface area contributed by atoms with Gasteiger partial charge >= 0.3 is 6.09 Å². The molecule has 0 saturated carbocycles. The van der Waals surface area contributed by atoms with Crippen molar-refractivity contribution in [2.24, 2.45) is 11.8 Å². The molecule has 0 N–H and O–H groups in total. The van der Waals surface area contributed by atoms with Gasteiger partial charge < -0.3 is 19.1 Å². The topological polar surface area (TPSA) is 71.8 Å². The summed E-state index contributed by atoms with van der Waals surface area (Å²) in [7, 11) is 1.53. The van der Waals surface area contributed by atoms with Gasteiger partial charge in [0.25, 0.3) is 0 Å². The second-order valence-corrected chi connectivity index (χ2v) is 9.31. The van der Waals surface area contributed by atoms with Gasteiger partial charge in [0.15, 0.2) is 0 Å².